The highest BCUT2D eigenvalue weighted by Gasteiger charge is 2.13. The van der Waals surface area contributed by atoms with Crippen molar-refractivity contribution >= 4 is 17.8 Å². The van der Waals surface area contributed by atoms with Gasteiger partial charge in [0.15, 0.2) is 0 Å². The molecule has 0 aliphatic heterocycles. The average molecular weight is 718 g/mol. The van der Waals surface area contributed by atoms with Crippen LogP contribution in [0.1, 0.15) is 149 Å². The Balaban J connectivity index is 4.48. The Labute approximate surface area is 317 Å². The number of rotatable bonds is 34. The Hall–Kier alpha value is -3.93. The summed E-state index contributed by atoms with van der Waals surface area (Å²) in [6.07, 6.45) is 57.9. The molecule has 2 N–H and O–H groups in total. The molecule has 0 radical (unpaired) electrons. The van der Waals surface area contributed by atoms with E-state index in [1.165, 1.54) is 0 Å². The Morgan fingerprint density at radius 2 is 0.923 bits per heavy atom. The molecule has 6 nitrogen and oxygen atoms in total. The van der Waals surface area contributed by atoms with E-state index in [9.17, 15) is 14.4 Å². The first kappa shape index (κ1) is 48.1. The number of hydrogen-bond donors (Lipinski definition) is 2. The Morgan fingerprint density at radius 1 is 0.519 bits per heavy atom. The lowest BCUT2D eigenvalue weighted by Crippen LogP contribution is -2.28. The first-order chi connectivity index (χ1) is 25.5. The van der Waals surface area contributed by atoms with Crippen LogP contribution in [0, 0.1) is 0 Å². The summed E-state index contributed by atoms with van der Waals surface area (Å²) in [5.74, 6) is -1.42. The van der Waals surface area contributed by atoms with Crippen LogP contribution >= 0.6 is 0 Å². The smallest absolute Gasteiger partial charge is 0.322 e. The number of hydrogen-bond acceptors (Lipinski definition) is 4. The second kappa shape index (κ2) is 39.8. The number of nitrogens with one attached hydrogen (secondary N) is 1. The zero-order chi connectivity index (χ0) is 38.0. The van der Waals surface area contributed by atoms with Gasteiger partial charge >= 0.3 is 11.9 Å². The van der Waals surface area contributed by atoms with Gasteiger partial charge in [-0.05, 0) is 103 Å². The van der Waals surface area contributed by atoms with Crippen molar-refractivity contribution in [2.75, 3.05) is 6.54 Å². The zero-order valence-corrected chi connectivity index (χ0v) is 32.6. The molecule has 0 aromatic heterocycles. The third-order valence-electron chi connectivity index (χ3n) is 7.97. The van der Waals surface area contributed by atoms with Crippen LogP contribution in [0.25, 0.3) is 0 Å². The largest absolute Gasteiger partial charge is 0.480 e. The number of carbonyl (C=O) groups is 3. The lowest BCUT2D eigenvalue weighted by Gasteiger charge is -2.17. The van der Waals surface area contributed by atoms with E-state index in [-0.39, 0.29) is 30.9 Å². The highest BCUT2D eigenvalue weighted by molar-refractivity contribution is 5.80. The minimum absolute atomic E-state index is 0.0746. The van der Waals surface area contributed by atoms with E-state index in [1.807, 2.05) is 12.2 Å². The van der Waals surface area contributed by atoms with Gasteiger partial charge in [-0.25, -0.2) is 0 Å². The normalized spacial score (nSPS) is 13.3. The number of ether oxygens (including phenoxy) is 1. The zero-order valence-electron chi connectivity index (χ0n) is 32.6. The fourth-order valence-corrected chi connectivity index (χ4v) is 5.11. The van der Waals surface area contributed by atoms with Crippen molar-refractivity contribution < 1.29 is 24.2 Å². The number of amides is 1. The molecule has 6 heteroatoms. The SMILES string of the molecule is CC/C=C\C/C=C\C/C=C\C/C=C\C/C=C\CC(=O)OC(CCCC/C=C\C/C=C\C/C=C\C/C=C\CC)CCCCCCCC(=O)NCC(=O)O. The van der Waals surface area contributed by atoms with Crippen LogP contribution in [-0.4, -0.2) is 35.6 Å². The molecular formula is C46H71NO5. The van der Waals surface area contributed by atoms with Crippen molar-refractivity contribution in [2.24, 2.45) is 0 Å². The molecule has 1 unspecified atom stereocenters. The predicted molar refractivity (Wildman–Crippen MR) is 221 cm³/mol. The van der Waals surface area contributed by atoms with Crippen molar-refractivity contribution in [1.82, 2.24) is 5.32 Å². The molecule has 0 aromatic rings. The maximum atomic E-state index is 12.7. The molecule has 1 amide bonds. The first-order valence-electron chi connectivity index (χ1n) is 20.0. The second-order valence-electron chi connectivity index (χ2n) is 12.8. The van der Waals surface area contributed by atoms with Crippen LogP contribution < -0.4 is 5.32 Å². The Kier molecular flexibility index (Phi) is 36.8. The van der Waals surface area contributed by atoms with E-state index in [2.05, 4.69) is 116 Å². The van der Waals surface area contributed by atoms with Crippen LogP contribution in [0.4, 0.5) is 0 Å². The third-order valence-corrected chi connectivity index (χ3v) is 7.97. The van der Waals surface area contributed by atoms with Crippen molar-refractivity contribution in [3.05, 3.63) is 109 Å². The van der Waals surface area contributed by atoms with Gasteiger partial charge in [0.1, 0.15) is 12.6 Å². The summed E-state index contributed by atoms with van der Waals surface area (Å²) in [5.41, 5.74) is 0. The van der Waals surface area contributed by atoms with E-state index in [0.29, 0.717) is 6.42 Å². The van der Waals surface area contributed by atoms with Gasteiger partial charge in [0.25, 0.3) is 0 Å². The number of allylic oxidation sites excluding steroid dienone is 17. The van der Waals surface area contributed by atoms with Gasteiger partial charge in [0.2, 0.25) is 5.91 Å². The molecule has 1 atom stereocenters. The molecule has 0 rings (SSSR count). The predicted octanol–water partition coefficient (Wildman–Crippen LogP) is 12.3. The number of carbonyl (C=O) groups excluding carboxylic acids is 2. The molecule has 0 aromatic carbocycles. The monoisotopic (exact) mass is 718 g/mol. The lowest BCUT2D eigenvalue weighted by atomic mass is 10.0. The van der Waals surface area contributed by atoms with Gasteiger partial charge in [-0.1, -0.05) is 142 Å². The number of esters is 1. The Morgan fingerprint density at radius 3 is 1.40 bits per heavy atom. The fourth-order valence-electron chi connectivity index (χ4n) is 5.11. The minimum Gasteiger partial charge on any atom is -0.480 e. The summed E-state index contributed by atoms with van der Waals surface area (Å²) < 4.78 is 5.93. The molecule has 0 fully saturated rings. The molecule has 0 aliphatic carbocycles. The van der Waals surface area contributed by atoms with Crippen LogP contribution in [0.3, 0.4) is 0 Å². The fraction of sp³-hybridized carbons (Fsp3) is 0.543. The summed E-state index contributed by atoms with van der Waals surface area (Å²) in [4.78, 5) is 34.9. The van der Waals surface area contributed by atoms with Gasteiger partial charge in [-0.15, -0.1) is 0 Å². The quantitative estimate of drug-likeness (QED) is 0.0393. The molecule has 52 heavy (non-hydrogen) atoms. The van der Waals surface area contributed by atoms with Gasteiger partial charge in [-0.3, -0.25) is 14.4 Å². The molecule has 0 saturated heterocycles. The summed E-state index contributed by atoms with van der Waals surface area (Å²) in [6, 6.07) is 0. The molecule has 0 aliphatic rings. The number of carboxylic acid groups (broad SMARTS) is 1. The summed E-state index contributed by atoms with van der Waals surface area (Å²) in [5, 5.41) is 11.1. The van der Waals surface area contributed by atoms with Gasteiger partial charge in [0, 0.05) is 6.42 Å². The Bertz CT molecular complexity index is 1150. The van der Waals surface area contributed by atoms with Crippen molar-refractivity contribution in [2.45, 2.75) is 155 Å². The van der Waals surface area contributed by atoms with Crippen molar-refractivity contribution in [1.29, 1.82) is 0 Å². The van der Waals surface area contributed by atoms with Gasteiger partial charge in [-0.2, -0.15) is 0 Å². The minimum atomic E-state index is -1.03. The molecular weight excluding hydrogens is 647 g/mol. The summed E-state index contributed by atoms with van der Waals surface area (Å²) in [6.45, 7) is 3.96. The summed E-state index contributed by atoms with van der Waals surface area (Å²) in [7, 11) is 0. The second-order valence-corrected chi connectivity index (χ2v) is 12.8. The van der Waals surface area contributed by atoms with Gasteiger partial charge in [0.05, 0.1) is 6.42 Å². The van der Waals surface area contributed by atoms with E-state index in [0.717, 1.165) is 122 Å². The highest BCUT2D eigenvalue weighted by Crippen LogP contribution is 2.17. The van der Waals surface area contributed by atoms with Crippen molar-refractivity contribution in [3.8, 4) is 0 Å². The van der Waals surface area contributed by atoms with Crippen LogP contribution in [-0.2, 0) is 19.1 Å². The first-order valence-corrected chi connectivity index (χ1v) is 20.0. The number of carboxylic acids is 1. The van der Waals surface area contributed by atoms with E-state index in [1.54, 1.807) is 0 Å². The van der Waals surface area contributed by atoms with E-state index < -0.39 is 5.97 Å². The van der Waals surface area contributed by atoms with E-state index in [4.69, 9.17) is 9.84 Å². The van der Waals surface area contributed by atoms with Crippen LogP contribution in [0.5, 0.6) is 0 Å². The molecule has 0 spiro atoms. The maximum Gasteiger partial charge on any atom is 0.322 e. The molecule has 0 bridgehead atoms. The molecule has 0 saturated carbocycles. The maximum absolute atomic E-state index is 12.7. The van der Waals surface area contributed by atoms with Gasteiger partial charge < -0.3 is 15.2 Å². The number of unbranched alkanes of at least 4 members (excludes halogenated alkanes) is 6. The van der Waals surface area contributed by atoms with E-state index >= 15 is 0 Å². The van der Waals surface area contributed by atoms with Crippen molar-refractivity contribution in [3.63, 3.8) is 0 Å². The van der Waals surface area contributed by atoms with Crippen LogP contribution in [0.15, 0.2) is 109 Å². The number of aliphatic carboxylic acids is 1. The molecule has 290 valence electrons. The highest BCUT2D eigenvalue weighted by atomic mass is 16.5. The van der Waals surface area contributed by atoms with Crippen LogP contribution in [0.2, 0.25) is 0 Å². The topological polar surface area (TPSA) is 92.7 Å². The molecule has 0 heterocycles. The third kappa shape index (κ3) is 38.9. The lowest BCUT2D eigenvalue weighted by molar-refractivity contribution is -0.148. The summed E-state index contributed by atoms with van der Waals surface area (Å²) >= 11 is 0. The average Bonchev–Trinajstić information content (AvgIpc) is 3.13. The standard InChI is InChI=1S/C46H71NO5/c1-3-5-7-9-11-13-15-17-19-21-23-25-27-30-34-38-43(39-35-31-29-32-36-40-44(48)47-42-45(49)50)52-46(51)41-37-33-28-26-24-22-20-18-16-14-12-10-8-6-4-2/h5-8,11-14,17-20,23-26,33,37,43H,3-4,9-10,15-16,21-22,27-32,34-36,38-42H2,1-2H3,(H,47,48)(H,49,50)/b7-5-,8-6-,13-11-,14-12-,19-17-,20-18-,25-23-,26-24-,37-33-.